The van der Waals surface area contributed by atoms with Crippen LogP contribution in [0.2, 0.25) is 0 Å². The van der Waals surface area contributed by atoms with Gasteiger partial charge in [0, 0.05) is 30.4 Å². The van der Waals surface area contributed by atoms with Gasteiger partial charge in [-0.3, -0.25) is 14.7 Å². The number of carboxylic acid groups (broad SMARTS) is 1. The number of nitrogens with zero attached hydrogens (tertiary/aromatic N) is 4. The summed E-state index contributed by atoms with van der Waals surface area (Å²) in [6.45, 7) is 3.38. The Kier molecular flexibility index (Phi) is 6.92. The van der Waals surface area contributed by atoms with Gasteiger partial charge in [0.15, 0.2) is 10.8 Å². The van der Waals surface area contributed by atoms with Crippen molar-refractivity contribution in [1.82, 2.24) is 20.3 Å². The van der Waals surface area contributed by atoms with Crippen LogP contribution in [-0.2, 0) is 14.4 Å². The van der Waals surface area contributed by atoms with E-state index >= 15 is 0 Å². The summed E-state index contributed by atoms with van der Waals surface area (Å²) < 4.78 is 34.9. The van der Waals surface area contributed by atoms with E-state index in [-0.39, 0.29) is 31.9 Å². The summed E-state index contributed by atoms with van der Waals surface area (Å²) in [7, 11) is 0. The number of carbonyl (C=O) groups excluding carboxylic acids is 1. The topological polar surface area (TPSA) is 117 Å². The first-order valence-electron chi connectivity index (χ1n) is 11.7. The smallest absolute Gasteiger partial charge is 0.431 e. The molecule has 196 valence electrons. The van der Waals surface area contributed by atoms with Crippen molar-refractivity contribution < 1.29 is 33.1 Å². The average molecular weight is 534 g/mol. The van der Waals surface area contributed by atoms with E-state index in [0.29, 0.717) is 32.7 Å². The molecule has 3 aliphatic heterocycles. The van der Waals surface area contributed by atoms with Gasteiger partial charge in [-0.25, -0.2) is 23.4 Å². The van der Waals surface area contributed by atoms with Gasteiger partial charge in [0.1, 0.15) is 24.1 Å². The highest BCUT2D eigenvalue weighted by molar-refractivity contribution is 7.11. The number of nitrogens with one attached hydrogen (secondary N) is 1. The molecule has 0 aliphatic carbocycles. The van der Waals surface area contributed by atoms with Gasteiger partial charge in [-0.15, -0.1) is 11.3 Å². The third-order valence-electron chi connectivity index (χ3n) is 6.71. The molecular formula is C24H25F2N5O5S. The number of ether oxygens (including phenoxy) is 1. The van der Waals surface area contributed by atoms with Crippen LogP contribution < -0.4 is 5.32 Å². The van der Waals surface area contributed by atoms with E-state index in [4.69, 9.17) is 14.6 Å². The van der Waals surface area contributed by atoms with Crippen molar-refractivity contribution in [3.05, 3.63) is 63.0 Å². The van der Waals surface area contributed by atoms with Crippen molar-refractivity contribution >= 4 is 29.2 Å². The first kappa shape index (κ1) is 25.2. The predicted octanol–water partition coefficient (Wildman–Crippen LogP) is 2.82. The summed E-state index contributed by atoms with van der Waals surface area (Å²) in [6.07, 6.45) is -1.22. The Labute approximate surface area is 215 Å². The summed E-state index contributed by atoms with van der Waals surface area (Å²) >= 11 is 1.34. The fourth-order valence-electron chi connectivity index (χ4n) is 5.01. The normalized spacial score (nSPS) is 25.6. The molecule has 4 heterocycles. The summed E-state index contributed by atoms with van der Waals surface area (Å²) in [4.78, 5) is 40.8. The lowest BCUT2D eigenvalue weighted by atomic mass is 9.92. The molecule has 0 radical (unpaired) electrons. The highest BCUT2D eigenvalue weighted by Gasteiger charge is 2.53. The third kappa shape index (κ3) is 4.58. The van der Waals surface area contributed by atoms with Gasteiger partial charge >= 0.3 is 12.1 Å². The summed E-state index contributed by atoms with van der Waals surface area (Å²) in [5.74, 6) is -0.691. The third-order valence-corrected chi connectivity index (χ3v) is 7.49. The molecule has 0 saturated carbocycles. The fraction of sp³-hybridized carbons (Fsp3) is 0.417. The number of aromatic nitrogens is 1. The lowest BCUT2D eigenvalue weighted by Crippen LogP contribution is -2.44. The number of carbonyl (C=O) groups is 2. The van der Waals surface area contributed by atoms with Gasteiger partial charge < -0.3 is 15.2 Å². The molecule has 37 heavy (non-hydrogen) atoms. The SMILES string of the molecule is CCOC(=O)C1=C(CN2CC(F)C3C2CON3C(=O)O)NC(c2nccs2)=N[C@H]1c1cccc(F)c1C. The van der Waals surface area contributed by atoms with Crippen molar-refractivity contribution in [2.45, 2.75) is 38.1 Å². The van der Waals surface area contributed by atoms with E-state index in [1.165, 1.54) is 17.4 Å². The Morgan fingerprint density at radius 3 is 2.89 bits per heavy atom. The number of likely N-dealkylation sites (tertiary alicyclic amines) is 1. The molecule has 3 unspecified atom stereocenters. The number of hydrogen-bond donors (Lipinski definition) is 2. The molecule has 4 atom stereocenters. The summed E-state index contributed by atoms with van der Waals surface area (Å²) in [5, 5.41) is 15.6. The van der Waals surface area contributed by atoms with Crippen molar-refractivity contribution in [3.63, 3.8) is 0 Å². The van der Waals surface area contributed by atoms with Crippen molar-refractivity contribution in [3.8, 4) is 0 Å². The van der Waals surface area contributed by atoms with Gasteiger partial charge in [-0.1, -0.05) is 12.1 Å². The maximum absolute atomic E-state index is 15.0. The highest BCUT2D eigenvalue weighted by atomic mass is 32.1. The van der Waals surface area contributed by atoms with E-state index in [2.05, 4.69) is 10.3 Å². The molecule has 2 saturated heterocycles. The molecule has 1 aromatic carbocycles. The van der Waals surface area contributed by atoms with Crippen LogP contribution in [0.25, 0.3) is 0 Å². The molecule has 0 spiro atoms. The Balaban J connectivity index is 1.58. The quantitative estimate of drug-likeness (QED) is 0.545. The number of benzene rings is 1. The number of esters is 1. The van der Waals surface area contributed by atoms with Crippen molar-refractivity contribution in [1.29, 1.82) is 0 Å². The fourth-order valence-corrected chi connectivity index (χ4v) is 5.59. The highest BCUT2D eigenvalue weighted by Crippen LogP contribution is 2.37. The number of rotatable bonds is 6. The van der Waals surface area contributed by atoms with Crippen LogP contribution in [0.1, 0.15) is 29.1 Å². The second kappa shape index (κ2) is 10.1. The Morgan fingerprint density at radius 2 is 2.19 bits per heavy atom. The zero-order valence-electron chi connectivity index (χ0n) is 20.1. The van der Waals surface area contributed by atoms with E-state index in [0.717, 1.165) is 0 Å². The molecule has 0 bridgehead atoms. The van der Waals surface area contributed by atoms with Crippen LogP contribution in [0, 0.1) is 12.7 Å². The standard InChI is InChI=1S/C24H25F2N5O5S/c1-3-35-23(32)18-16(10-30-9-15(26)20-17(30)11-36-31(20)24(33)34)28-21(22-27-7-8-37-22)29-19(18)13-5-4-6-14(25)12(13)2/h4-8,15,17,19-20H,3,9-11H2,1-2H3,(H,28,29)(H,33,34)/t15?,17?,19-,20?/m0/s1. The number of halogens is 2. The molecular weight excluding hydrogens is 508 g/mol. The number of fused-ring (bicyclic) bond motifs is 1. The number of alkyl halides is 1. The maximum atomic E-state index is 15.0. The summed E-state index contributed by atoms with van der Waals surface area (Å²) in [5.41, 5.74) is 1.39. The number of hydrogen-bond acceptors (Lipinski definition) is 9. The van der Waals surface area contributed by atoms with E-state index in [1.54, 1.807) is 42.5 Å². The molecule has 2 N–H and O–H groups in total. The second-order valence-electron chi connectivity index (χ2n) is 8.82. The van der Waals surface area contributed by atoms with E-state index in [1.807, 2.05) is 0 Å². The minimum absolute atomic E-state index is 0.0146. The zero-order valence-corrected chi connectivity index (χ0v) is 20.9. The number of amidine groups is 1. The van der Waals surface area contributed by atoms with Gasteiger partial charge in [-0.2, -0.15) is 5.06 Å². The number of aliphatic imine (C=N–C) groups is 1. The van der Waals surface area contributed by atoms with E-state index < -0.39 is 42.2 Å². The largest absolute Gasteiger partial charge is 0.463 e. The van der Waals surface area contributed by atoms with Crippen molar-refractivity contribution in [2.24, 2.45) is 4.99 Å². The molecule has 1 amide bonds. The molecule has 2 aromatic rings. The van der Waals surface area contributed by atoms with Gasteiger partial charge in [0.05, 0.1) is 24.8 Å². The molecule has 5 rings (SSSR count). The average Bonchev–Trinajstić information content (AvgIpc) is 3.60. The van der Waals surface area contributed by atoms with Crippen LogP contribution in [-0.4, -0.2) is 82.5 Å². The first-order chi connectivity index (χ1) is 17.8. The second-order valence-corrected chi connectivity index (χ2v) is 9.71. The Morgan fingerprint density at radius 1 is 1.38 bits per heavy atom. The van der Waals surface area contributed by atoms with Crippen LogP contribution in [0.3, 0.4) is 0 Å². The maximum Gasteiger partial charge on any atom is 0.431 e. The molecule has 2 fully saturated rings. The molecule has 3 aliphatic rings. The number of thiazole rings is 1. The van der Waals surface area contributed by atoms with E-state index in [9.17, 15) is 23.5 Å². The van der Waals surface area contributed by atoms with Crippen molar-refractivity contribution in [2.75, 3.05) is 26.3 Å². The monoisotopic (exact) mass is 533 g/mol. The van der Waals surface area contributed by atoms with Gasteiger partial charge in [0.2, 0.25) is 0 Å². The zero-order chi connectivity index (χ0) is 26.3. The number of hydroxylamine groups is 2. The lowest BCUT2D eigenvalue weighted by Gasteiger charge is -2.31. The van der Waals surface area contributed by atoms with Crippen LogP contribution in [0.4, 0.5) is 13.6 Å². The summed E-state index contributed by atoms with van der Waals surface area (Å²) in [6, 6.07) is 2.14. The van der Waals surface area contributed by atoms with Gasteiger partial charge in [0.25, 0.3) is 0 Å². The minimum Gasteiger partial charge on any atom is -0.463 e. The van der Waals surface area contributed by atoms with Crippen LogP contribution in [0.5, 0.6) is 0 Å². The Bertz CT molecular complexity index is 1270. The Hall–Kier alpha value is -3.42. The molecule has 10 nitrogen and oxygen atoms in total. The number of amides is 1. The van der Waals surface area contributed by atoms with Crippen LogP contribution in [0.15, 0.2) is 46.0 Å². The van der Waals surface area contributed by atoms with Crippen LogP contribution >= 0.6 is 11.3 Å². The minimum atomic E-state index is -1.48. The molecule has 13 heteroatoms. The lowest BCUT2D eigenvalue weighted by molar-refractivity contribution is -0.139. The predicted molar refractivity (Wildman–Crippen MR) is 129 cm³/mol. The first-order valence-corrected chi connectivity index (χ1v) is 12.6. The van der Waals surface area contributed by atoms with Gasteiger partial charge in [-0.05, 0) is 31.0 Å². The molecule has 1 aromatic heterocycles.